The van der Waals surface area contributed by atoms with E-state index in [0.717, 1.165) is 22.0 Å². The van der Waals surface area contributed by atoms with Gasteiger partial charge >= 0.3 is 11.9 Å². The topological polar surface area (TPSA) is 128 Å². The predicted molar refractivity (Wildman–Crippen MR) is 103 cm³/mol. The minimum Gasteiger partial charge on any atom is -0.480 e. The number of H-pyrrole nitrogens is 1. The smallest absolute Gasteiger partial charge is 0.323 e. The summed E-state index contributed by atoms with van der Waals surface area (Å²) in [6.07, 6.45) is 2.31. The average molecular weight is 387 g/mol. The molecule has 0 spiro atoms. The second-order valence-corrected chi connectivity index (χ2v) is 6.20. The number of aliphatic carboxylic acids is 2. The Kier molecular flexibility index (Phi) is 7.67. The van der Waals surface area contributed by atoms with E-state index in [0.29, 0.717) is 6.42 Å². The Balaban J connectivity index is 0.000000203. The van der Waals surface area contributed by atoms with Gasteiger partial charge in [-0.25, -0.2) is 0 Å². The molecule has 2 unspecified atom stereocenters. The average Bonchev–Trinajstić information content (AvgIpc) is 3.10. The van der Waals surface area contributed by atoms with Gasteiger partial charge in [-0.3, -0.25) is 9.59 Å². The van der Waals surface area contributed by atoms with Crippen molar-refractivity contribution in [2.75, 3.05) is 0 Å². The molecule has 28 heavy (non-hydrogen) atoms. The van der Waals surface area contributed by atoms with Crippen LogP contribution in [0.3, 0.4) is 0 Å². The minimum absolute atomic E-state index is 0.146. The fraction of sp³-hybridized carbons (Fsp3) is 0.200. The second kappa shape index (κ2) is 10.2. The Morgan fingerprint density at radius 2 is 1.64 bits per heavy atom. The second-order valence-electron chi connectivity index (χ2n) is 6.20. The van der Waals surface area contributed by atoms with Crippen LogP contribution < -0.4 is 11.3 Å². The van der Waals surface area contributed by atoms with Crippen LogP contribution in [0, 0.1) is 0 Å². The van der Waals surface area contributed by atoms with E-state index in [9.17, 15) is 14.1 Å². The van der Waals surface area contributed by atoms with Gasteiger partial charge in [0.15, 0.2) is 0 Å². The maximum Gasteiger partial charge on any atom is 0.323 e. The van der Waals surface area contributed by atoms with Crippen LogP contribution in [0.1, 0.15) is 11.1 Å². The molecule has 2 aromatic carbocycles. The lowest BCUT2D eigenvalue weighted by Crippen LogP contribution is -2.33. The molecule has 148 valence electrons. The van der Waals surface area contributed by atoms with Crippen molar-refractivity contribution < 1.29 is 24.3 Å². The number of fused-ring (bicyclic) bond motifs is 1. The molecule has 3 aromatic rings. The molecule has 0 bridgehead atoms. The first kappa shape index (κ1) is 21.1. The van der Waals surface area contributed by atoms with Gasteiger partial charge in [-0.1, -0.05) is 48.5 Å². The van der Waals surface area contributed by atoms with E-state index in [4.69, 9.17) is 15.9 Å². The first-order chi connectivity index (χ1) is 13.4. The maximum atomic E-state index is 12.0. The molecular formula is C20H22FN3O4. The van der Waals surface area contributed by atoms with Crippen molar-refractivity contribution in [1.29, 1.82) is 0 Å². The van der Waals surface area contributed by atoms with Crippen LogP contribution in [0.15, 0.2) is 60.8 Å². The summed E-state index contributed by atoms with van der Waals surface area (Å²) in [6.45, 7) is 0. The molecule has 0 radical (unpaired) electrons. The van der Waals surface area contributed by atoms with E-state index in [1.807, 2.05) is 36.5 Å². The standard InChI is InChI=1S/C11H12N2O2.C9H10FNO2/c12-9(11(14)15)5-7-6-13-10-4-2-1-3-8(7)10;10-11-8(9(12)13)6-7-4-2-1-3-5-7/h1-4,6,9,13H,5,12H2,(H,14,15);1-5,8,11H,6H2,(H,12,13). The van der Waals surface area contributed by atoms with Gasteiger partial charge in [0, 0.05) is 29.9 Å². The number of carboxylic acids is 2. The normalized spacial score (nSPS) is 12.6. The Morgan fingerprint density at radius 3 is 2.25 bits per heavy atom. The molecular weight excluding hydrogens is 365 g/mol. The van der Waals surface area contributed by atoms with Crippen molar-refractivity contribution in [3.63, 3.8) is 0 Å². The molecule has 0 aliphatic heterocycles. The Morgan fingerprint density at radius 1 is 1.00 bits per heavy atom. The Bertz CT molecular complexity index is 914. The first-order valence-corrected chi connectivity index (χ1v) is 8.58. The van der Waals surface area contributed by atoms with Crippen molar-refractivity contribution in [1.82, 2.24) is 10.5 Å². The molecule has 0 aliphatic carbocycles. The van der Waals surface area contributed by atoms with E-state index in [1.54, 1.807) is 24.3 Å². The van der Waals surface area contributed by atoms with Crippen molar-refractivity contribution in [3.8, 4) is 0 Å². The predicted octanol–water partition coefficient (Wildman–Crippen LogP) is 2.28. The SMILES string of the molecule is NC(Cc1c[nH]c2ccccc12)C(=O)O.O=C(O)C(Cc1ccccc1)NF. The molecule has 0 fully saturated rings. The van der Waals surface area contributed by atoms with Gasteiger partial charge < -0.3 is 20.9 Å². The zero-order chi connectivity index (χ0) is 20.5. The molecule has 7 nitrogen and oxygen atoms in total. The number of nitrogens with one attached hydrogen (secondary N) is 2. The number of aromatic amines is 1. The number of aromatic nitrogens is 1. The van der Waals surface area contributed by atoms with Crippen molar-refractivity contribution >= 4 is 22.8 Å². The third-order valence-corrected chi connectivity index (χ3v) is 4.14. The molecule has 1 heterocycles. The zero-order valence-electron chi connectivity index (χ0n) is 15.0. The highest BCUT2D eigenvalue weighted by molar-refractivity contribution is 5.84. The monoisotopic (exact) mass is 387 g/mol. The first-order valence-electron chi connectivity index (χ1n) is 8.58. The molecule has 3 rings (SSSR count). The molecule has 0 saturated carbocycles. The third kappa shape index (κ3) is 5.90. The summed E-state index contributed by atoms with van der Waals surface area (Å²) in [4.78, 5) is 24.1. The summed E-state index contributed by atoms with van der Waals surface area (Å²) >= 11 is 0. The quantitative estimate of drug-likeness (QED) is 0.396. The number of halogens is 1. The Labute approximate surface area is 160 Å². The molecule has 0 aliphatic rings. The summed E-state index contributed by atoms with van der Waals surface area (Å²) < 4.78 is 12.0. The molecule has 2 atom stereocenters. The van der Waals surface area contributed by atoms with Crippen LogP contribution >= 0.6 is 0 Å². The number of hydrogen-bond acceptors (Lipinski definition) is 4. The summed E-state index contributed by atoms with van der Waals surface area (Å²) in [7, 11) is 0. The number of nitrogens with two attached hydrogens (primary N) is 1. The van der Waals surface area contributed by atoms with E-state index < -0.39 is 24.0 Å². The molecule has 6 N–H and O–H groups in total. The lowest BCUT2D eigenvalue weighted by Gasteiger charge is -2.07. The van der Waals surface area contributed by atoms with Crippen LogP contribution in [-0.2, 0) is 22.4 Å². The van der Waals surface area contributed by atoms with Crippen molar-refractivity contribution in [2.24, 2.45) is 5.73 Å². The van der Waals surface area contributed by atoms with Gasteiger partial charge in [-0.2, -0.15) is 0 Å². The largest absolute Gasteiger partial charge is 0.480 e. The number of benzene rings is 2. The zero-order valence-corrected chi connectivity index (χ0v) is 15.0. The van der Waals surface area contributed by atoms with Crippen molar-refractivity contribution in [2.45, 2.75) is 24.9 Å². The number of carbonyl (C=O) groups is 2. The van der Waals surface area contributed by atoms with Crippen LogP contribution in [0.2, 0.25) is 0 Å². The summed E-state index contributed by atoms with van der Waals surface area (Å²) in [5, 5.41) is 18.3. The van der Waals surface area contributed by atoms with E-state index >= 15 is 0 Å². The van der Waals surface area contributed by atoms with E-state index in [1.165, 1.54) is 5.54 Å². The van der Waals surface area contributed by atoms with Crippen LogP contribution in [0.5, 0.6) is 0 Å². The molecule has 1 aromatic heterocycles. The van der Waals surface area contributed by atoms with Gasteiger partial charge in [-0.05, 0) is 17.2 Å². The lowest BCUT2D eigenvalue weighted by atomic mass is 10.1. The highest BCUT2D eigenvalue weighted by Crippen LogP contribution is 2.18. The van der Waals surface area contributed by atoms with E-state index in [2.05, 4.69) is 4.98 Å². The fourth-order valence-electron chi connectivity index (χ4n) is 2.65. The summed E-state index contributed by atoms with van der Waals surface area (Å²) in [6, 6.07) is 14.7. The summed E-state index contributed by atoms with van der Waals surface area (Å²) in [5.74, 6) is -2.16. The van der Waals surface area contributed by atoms with Gasteiger partial charge in [-0.15, -0.1) is 10.0 Å². The van der Waals surface area contributed by atoms with Crippen LogP contribution in [0.4, 0.5) is 4.48 Å². The number of carboxylic acid groups (broad SMARTS) is 2. The Hall–Kier alpha value is -3.23. The molecule has 0 amide bonds. The number of para-hydroxylation sites is 1. The van der Waals surface area contributed by atoms with Crippen LogP contribution in [0.25, 0.3) is 10.9 Å². The van der Waals surface area contributed by atoms with Crippen molar-refractivity contribution in [3.05, 3.63) is 71.9 Å². The molecule has 8 heteroatoms. The van der Waals surface area contributed by atoms with Gasteiger partial charge in [0.2, 0.25) is 0 Å². The number of hydrogen-bond donors (Lipinski definition) is 5. The molecule has 0 saturated heterocycles. The van der Waals surface area contributed by atoms with Gasteiger partial charge in [0.25, 0.3) is 0 Å². The maximum absolute atomic E-state index is 12.0. The lowest BCUT2D eigenvalue weighted by molar-refractivity contribution is -0.141. The fourth-order valence-corrected chi connectivity index (χ4v) is 2.65. The van der Waals surface area contributed by atoms with Crippen LogP contribution in [-0.4, -0.2) is 39.2 Å². The van der Waals surface area contributed by atoms with E-state index in [-0.39, 0.29) is 6.42 Å². The minimum atomic E-state index is -1.19. The summed E-state index contributed by atoms with van der Waals surface area (Å²) in [5.41, 5.74) is 9.48. The third-order valence-electron chi connectivity index (χ3n) is 4.14. The highest BCUT2D eigenvalue weighted by Gasteiger charge is 2.17. The number of rotatable bonds is 7. The van der Waals surface area contributed by atoms with Gasteiger partial charge in [0.1, 0.15) is 12.1 Å². The highest BCUT2D eigenvalue weighted by atomic mass is 19.2. The van der Waals surface area contributed by atoms with Gasteiger partial charge in [0.05, 0.1) is 0 Å².